The Bertz CT molecular complexity index is 1340. The van der Waals surface area contributed by atoms with Gasteiger partial charge in [-0.3, -0.25) is 14.4 Å². The molecule has 12 heteroatoms. The predicted octanol–water partition coefficient (Wildman–Crippen LogP) is 3.55. The van der Waals surface area contributed by atoms with Crippen LogP contribution in [0.15, 0.2) is 60.0 Å². The number of anilines is 1. The Balaban J connectivity index is 1.24. The van der Waals surface area contributed by atoms with Gasteiger partial charge in [0.2, 0.25) is 5.91 Å². The predicted molar refractivity (Wildman–Crippen MR) is 145 cm³/mol. The van der Waals surface area contributed by atoms with Crippen molar-refractivity contribution in [2.24, 2.45) is 0 Å². The number of rotatable bonds is 8. The van der Waals surface area contributed by atoms with Crippen molar-refractivity contribution in [1.29, 1.82) is 0 Å². The van der Waals surface area contributed by atoms with E-state index in [2.05, 4.69) is 20.9 Å². The molecule has 3 aromatic rings. The number of hydrogen-bond acceptors (Lipinski definition) is 7. The number of thiazole rings is 1. The van der Waals surface area contributed by atoms with Crippen LogP contribution in [0, 0.1) is 0 Å². The summed E-state index contributed by atoms with van der Waals surface area (Å²) in [6.07, 6.45) is 0.720. The fraction of sp³-hybridized carbons (Fsp3) is 0.269. The van der Waals surface area contributed by atoms with Crippen LogP contribution in [0.25, 0.3) is 11.3 Å². The van der Waals surface area contributed by atoms with Gasteiger partial charge < -0.3 is 26.0 Å². The number of carbonyl (C=O) groups excluding carboxylic acids is 3. The second-order valence-corrected chi connectivity index (χ2v) is 10.8. The first-order valence-corrected chi connectivity index (χ1v) is 14.0. The number of hydrogen-bond donors (Lipinski definition) is 4. The van der Waals surface area contributed by atoms with E-state index in [1.807, 2.05) is 17.5 Å². The van der Waals surface area contributed by atoms with Gasteiger partial charge in [-0.25, -0.2) is 9.78 Å². The quantitative estimate of drug-likeness (QED) is 0.336. The van der Waals surface area contributed by atoms with Gasteiger partial charge in [-0.15, -0.1) is 23.1 Å². The molecule has 1 saturated carbocycles. The van der Waals surface area contributed by atoms with Crippen LogP contribution in [0.5, 0.6) is 0 Å². The fourth-order valence-electron chi connectivity index (χ4n) is 4.04. The third kappa shape index (κ3) is 5.97. The van der Waals surface area contributed by atoms with Gasteiger partial charge in [0.25, 0.3) is 11.8 Å². The molecule has 196 valence electrons. The van der Waals surface area contributed by atoms with Gasteiger partial charge in [0.15, 0.2) is 5.13 Å². The number of carboxylic acid groups (broad SMARTS) is 1. The lowest BCUT2D eigenvalue weighted by atomic mass is 10.1. The molecule has 0 unspecified atom stereocenters. The topological polar surface area (TPSA) is 141 Å². The van der Waals surface area contributed by atoms with E-state index >= 15 is 0 Å². The standard InChI is InChI=1S/C26H25N5O5S2/c32-22(27-18-10-11-18)17-8-6-15(7-9-17)19-12-38-25(28-19)30-23(33)20-13-37-14-31(20)24(34)21(29-26(35)36)16-4-2-1-3-5-16/h1-9,12,18,20-21,29H,10-11,13-14H2,(H,27,32)(H,35,36)(H,28,30,33)/t20-,21+/m0/s1. The molecule has 2 aromatic carbocycles. The SMILES string of the molecule is O=C(O)N[C@@H](C(=O)N1CSC[C@H]1C(=O)Nc1nc(-c2ccc(C(=O)NC3CC3)cc2)cs1)c1ccccc1. The molecule has 0 spiro atoms. The number of nitrogens with zero attached hydrogens (tertiary/aromatic N) is 2. The van der Waals surface area contributed by atoms with Gasteiger partial charge in [-0.05, 0) is 30.5 Å². The normalized spacial score (nSPS) is 17.5. The molecule has 4 amide bonds. The molecular formula is C26H25N5O5S2. The van der Waals surface area contributed by atoms with Crippen molar-refractivity contribution in [3.8, 4) is 11.3 Å². The molecule has 2 heterocycles. The van der Waals surface area contributed by atoms with E-state index in [9.17, 15) is 24.3 Å². The van der Waals surface area contributed by atoms with Gasteiger partial charge in [-0.1, -0.05) is 42.5 Å². The Morgan fingerprint density at radius 1 is 1.03 bits per heavy atom. The molecule has 0 bridgehead atoms. The fourth-order valence-corrected chi connectivity index (χ4v) is 5.93. The van der Waals surface area contributed by atoms with Gasteiger partial charge in [-0.2, -0.15) is 0 Å². The minimum absolute atomic E-state index is 0.0909. The van der Waals surface area contributed by atoms with Crippen molar-refractivity contribution in [2.45, 2.75) is 31.0 Å². The number of nitrogens with one attached hydrogen (secondary N) is 3. The third-order valence-corrected chi connectivity index (χ3v) is 7.98. The van der Waals surface area contributed by atoms with E-state index in [0.717, 1.165) is 18.4 Å². The largest absolute Gasteiger partial charge is 0.465 e. The smallest absolute Gasteiger partial charge is 0.405 e. The minimum Gasteiger partial charge on any atom is -0.465 e. The number of benzene rings is 2. The maximum absolute atomic E-state index is 13.3. The molecular weight excluding hydrogens is 526 g/mol. The maximum Gasteiger partial charge on any atom is 0.405 e. The summed E-state index contributed by atoms with van der Waals surface area (Å²) < 4.78 is 0. The Morgan fingerprint density at radius 3 is 2.45 bits per heavy atom. The van der Waals surface area contributed by atoms with E-state index in [-0.39, 0.29) is 17.8 Å². The highest BCUT2D eigenvalue weighted by atomic mass is 32.2. The molecule has 1 aliphatic heterocycles. The lowest BCUT2D eigenvalue weighted by Crippen LogP contribution is -2.49. The van der Waals surface area contributed by atoms with Crippen molar-refractivity contribution < 1.29 is 24.3 Å². The molecule has 2 fully saturated rings. The number of amides is 4. The molecule has 2 atom stereocenters. The Labute approximate surface area is 226 Å². The van der Waals surface area contributed by atoms with Crippen LogP contribution in [0.1, 0.15) is 34.8 Å². The maximum atomic E-state index is 13.3. The highest BCUT2D eigenvalue weighted by Crippen LogP contribution is 2.29. The Morgan fingerprint density at radius 2 is 1.76 bits per heavy atom. The van der Waals surface area contributed by atoms with Crippen LogP contribution in [0.3, 0.4) is 0 Å². The lowest BCUT2D eigenvalue weighted by molar-refractivity contribution is -0.138. The highest BCUT2D eigenvalue weighted by molar-refractivity contribution is 7.99. The summed E-state index contributed by atoms with van der Waals surface area (Å²) >= 11 is 2.68. The first kappa shape index (κ1) is 25.7. The summed E-state index contributed by atoms with van der Waals surface area (Å²) in [5.41, 5.74) is 2.54. The summed E-state index contributed by atoms with van der Waals surface area (Å²) in [5.74, 6) is -0.320. The zero-order valence-electron chi connectivity index (χ0n) is 20.1. The molecule has 38 heavy (non-hydrogen) atoms. The summed E-state index contributed by atoms with van der Waals surface area (Å²) in [6.45, 7) is 0. The van der Waals surface area contributed by atoms with E-state index in [1.54, 1.807) is 42.5 Å². The number of carbonyl (C=O) groups is 4. The summed E-state index contributed by atoms with van der Waals surface area (Å²) in [5, 5.41) is 19.5. The summed E-state index contributed by atoms with van der Waals surface area (Å²) in [4.78, 5) is 56.0. The summed E-state index contributed by atoms with van der Waals surface area (Å²) in [6, 6.07) is 14.1. The molecule has 5 rings (SSSR count). The minimum atomic E-state index is -1.33. The Kier molecular flexibility index (Phi) is 7.61. The van der Waals surface area contributed by atoms with Crippen molar-refractivity contribution in [3.63, 3.8) is 0 Å². The van der Waals surface area contributed by atoms with Gasteiger partial charge in [0.1, 0.15) is 12.1 Å². The zero-order chi connectivity index (χ0) is 26.6. The van der Waals surface area contributed by atoms with Crippen LogP contribution in [-0.2, 0) is 9.59 Å². The monoisotopic (exact) mass is 551 g/mol. The van der Waals surface area contributed by atoms with Crippen molar-refractivity contribution in [1.82, 2.24) is 20.5 Å². The molecule has 1 saturated heterocycles. The second kappa shape index (κ2) is 11.2. The summed E-state index contributed by atoms with van der Waals surface area (Å²) in [7, 11) is 0. The first-order chi connectivity index (χ1) is 18.4. The molecule has 1 aliphatic carbocycles. The molecule has 4 N–H and O–H groups in total. The first-order valence-electron chi connectivity index (χ1n) is 12.0. The van der Waals surface area contributed by atoms with E-state index in [4.69, 9.17) is 0 Å². The van der Waals surface area contributed by atoms with Crippen LogP contribution >= 0.6 is 23.1 Å². The van der Waals surface area contributed by atoms with Crippen molar-refractivity contribution in [3.05, 3.63) is 71.1 Å². The molecule has 0 radical (unpaired) electrons. The second-order valence-electron chi connectivity index (χ2n) is 8.97. The van der Waals surface area contributed by atoms with E-state index in [0.29, 0.717) is 27.7 Å². The lowest BCUT2D eigenvalue weighted by Gasteiger charge is -2.27. The average molecular weight is 552 g/mol. The Hall–Kier alpha value is -3.90. The van der Waals surface area contributed by atoms with E-state index in [1.165, 1.54) is 28.0 Å². The van der Waals surface area contributed by atoms with Crippen LogP contribution in [-0.4, -0.2) is 62.5 Å². The number of aromatic nitrogens is 1. The van der Waals surface area contributed by atoms with Gasteiger partial charge in [0, 0.05) is 28.3 Å². The van der Waals surface area contributed by atoms with Crippen LogP contribution in [0.2, 0.25) is 0 Å². The molecule has 2 aliphatic rings. The van der Waals surface area contributed by atoms with Gasteiger partial charge >= 0.3 is 6.09 Å². The van der Waals surface area contributed by atoms with Crippen LogP contribution in [0.4, 0.5) is 9.93 Å². The van der Waals surface area contributed by atoms with Crippen LogP contribution < -0.4 is 16.0 Å². The third-order valence-electron chi connectivity index (χ3n) is 6.21. The van der Waals surface area contributed by atoms with Crippen molar-refractivity contribution in [2.75, 3.05) is 16.9 Å². The molecule has 10 nitrogen and oxygen atoms in total. The number of thioether (sulfide) groups is 1. The highest BCUT2D eigenvalue weighted by Gasteiger charge is 2.39. The van der Waals surface area contributed by atoms with Crippen molar-refractivity contribution >= 4 is 52.0 Å². The zero-order valence-corrected chi connectivity index (χ0v) is 21.8. The van der Waals surface area contributed by atoms with E-state index < -0.39 is 30.0 Å². The average Bonchev–Trinajstić information content (AvgIpc) is 3.38. The molecule has 1 aromatic heterocycles. The van der Waals surface area contributed by atoms with Gasteiger partial charge in [0.05, 0.1) is 11.6 Å².